The van der Waals surface area contributed by atoms with Gasteiger partial charge in [0.05, 0.1) is 19.8 Å². The average Bonchev–Trinajstić information content (AvgIpc) is 2.43. The van der Waals surface area contributed by atoms with Gasteiger partial charge in [0.2, 0.25) is 5.91 Å². The lowest BCUT2D eigenvalue weighted by Gasteiger charge is -2.35. The standard InChI is InChI=1S/C14H25F3N2O3/c1-12-4-2-3-5-19(12)13(21)10-18(6-8-20)7-9-22-11-14(15,16)17/h12,20H,2-11H2,1H3. The summed E-state index contributed by atoms with van der Waals surface area (Å²) in [5.41, 5.74) is 0. The highest BCUT2D eigenvalue weighted by Crippen LogP contribution is 2.17. The molecule has 1 rings (SSSR count). The van der Waals surface area contributed by atoms with Crippen LogP contribution in [0.2, 0.25) is 0 Å². The first-order valence-corrected chi connectivity index (χ1v) is 7.60. The predicted octanol–water partition coefficient (Wildman–Crippen LogP) is 1.26. The number of carbonyl (C=O) groups excluding carboxylic acids is 1. The fourth-order valence-electron chi connectivity index (χ4n) is 2.54. The van der Waals surface area contributed by atoms with Crippen LogP contribution in [-0.2, 0) is 9.53 Å². The van der Waals surface area contributed by atoms with Crippen LogP contribution in [-0.4, -0.2) is 79.0 Å². The van der Waals surface area contributed by atoms with Crippen LogP contribution in [0.1, 0.15) is 26.2 Å². The van der Waals surface area contributed by atoms with E-state index in [1.165, 1.54) is 0 Å². The minimum atomic E-state index is -4.35. The van der Waals surface area contributed by atoms with E-state index in [1.807, 2.05) is 11.8 Å². The number of alkyl halides is 3. The Morgan fingerprint density at radius 3 is 2.68 bits per heavy atom. The highest BCUT2D eigenvalue weighted by atomic mass is 19.4. The zero-order valence-corrected chi connectivity index (χ0v) is 12.9. The van der Waals surface area contributed by atoms with E-state index in [0.717, 1.165) is 25.8 Å². The van der Waals surface area contributed by atoms with E-state index in [4.69, 9.17) is 5.11 Å². The largest absolute Gasteiger partial charge is 0.411 e. The molecule has 0 aliphatic carbocycles. The molecule has 1 aliphatic rings. The van der Waals surface area contributed by atoms with Crippen molar-refractivity contribution in [2.24, 2.45) is 0 Å². The van der Waals surface area contributed by atoms with Crippen LogP contribution < -0.4 is 0 Å². The van der Waals surface area contributed by atoms with Crippen LogP contribution in [0.3, 0.4) is 0 Å². The summed E-state index contributed by atoms with van der Waals surface area (Å²) < 4.78 is 40.5. The molecule has 1 fully saturated rings. The van der Waals surface area contributed by atoms with Crippen LogP contribution in [0, 0.1) is 0 Å². The monoisotopic (exact) mass is 326 g/mol. The lowest BCUT2D eigenvalue weighted by molar-refractivity contribution is -0.174. The van der Waals surface area contributed by atoms with Gasteiger partial charge in [0.15, 0.2) is 0 Å². The van der Waals surface area contributed by atoms with Crippen molar-refractivity contribution in [2.75, 3.05) is 46.0 Å². The summed E-state index contributed by atoms with van der Waals surface area (Å²) in [7, 11) is 0. The first kappa shape index (κ1) is 19.2. The Balaban J connectivity index is 2.37. The molecule has 0 saturated carbocycles. The Labute approximate surface area is 129 Å². The molecule has 0 aromatic heterocycles. The van der Waals surface area contributed by atoms with Gasteiger partial charge < -0.3 is 14.7 Å². The van der Waals surface area contributed by atoms with E-state index in [2.05, 4.69) is 4.74 Å². The Kier molecular flexibility index (Phi) is 8.13. The molecule has 1 amide bonds. The number of ether oxygens (including phenoxy) is 1. The molecule has 1 unspecified atom stereocenters. The van der Waals surface area contributed by atoms with E-state index in [9.17, 15) is 18.0 Å². The van der Waals surface area contributed by atoms with Crippen molar-refractivity contribution >= 4 is 5.91 Å². The number of likely N-dealkylation sites (tertiary alicyclic amines) is 1. The summed E-state index contributed by atoms with van der Waals surface area (Å²) in [6, 6.07) is 0.193. The van der Waals surface area contributed by atoms with Crippen LogP contribution in [0.25, 0.3) is 0 Å². The van der Waals surface area contributed by atoms with Crippen molar-refractivity contribution in [2.45, 2.75) is 38.4 Å². The molecule has 8 heteroatoms. The van der Waals surface area contributed by atoms with Gasteiger partial charge in [0.1, 0.15) is 6.61 Å². The van der Waals surface area contributed by atoms with Gasteiger partial charge in [0.25, 0.3) is 0 Å². The summed E-state index contributed by atoms with van der Waals surface area (Å²) in [4.78, 5) is 15.7. The summed E-state index contributed by atoms with van der Waals surface area (Å²) in [6.45, 7) is 1.67. The molecule has 1 N–H and O–H groups in total. The molecular weight excluding hydrogens is 301 g/mol. The Morgan fingerprint density at radius 2 is 2.09 bits per heavy atom. The van der Waals surface area contributed by atoms with E-state index >= 15 is 0 Å². The van der Waals surface area contributed by atoms with Crippen molar-refractivity contribution in [1.82, 2.24) is 9.80 Å². The van der Waals surface area contributed by atoms with Crippen LogP contribution in [0.5, 0.6) is 0 Å². The van der Waals surface area contributed by atoms with Crippen LogP contribution in [0.4, 0.5) is 13.2 Å². The van der Waals surface area contributed by atoms with Gasteiger partial charge >= 0.3 is 6.18 Å². The van der Waals surface area contributed by atoms with E-state index in [1.54, 1.807) is 4.90 Å². The van der Waals surface area contributed by atoms with Gasteiger partial charge in [-0.15, -0.1) is 0 Å². The molecule has 1 atom stereocenters. The van der Waals surface area contributed by atoms with Crippen molar-refractivity contribution in [3.63, 3.8) is 0 Å². The Bertz CT molecular complexity index is 340. The number of halogens is 3. The molecule has 130 valence electrons. The lowest BCUT2D eigenvalue weighted by atomic mass is 10.0. The molecule has 0 aromatic rings. The highest BCUT2D eigenvalue weighted by molar-refractivity contribution is 5.78. The maximum absolute atomic E-state index is 12.3. The van der Waals surface area contributed by atoms with E-state index in [-0.39, 0.29) is 44.8 Å². The predicted molar refractivity (Wildman–Crippen MR) is 75.4 cm³/mol. The number of nitrogens with zero attached hydrogens (tertiary/aromatic N) is 2. The fourth-order valence-corrected chi connectivity index (χ4v) is 2.54. The van der Waals surface area contributed by atoms with Crippen LogP contribution in [0.15, 0.2) is 0 Å². The lowest BCUT2D eigenvalue weighted by Crippen LogP contribution is -2.48. The number of rotatable bonds is 8. The number of hydrogen-bond donors (Lipinski definition) is 1. The summed E-state index contributed by atoms with van der Waals surface area (Å²) >= 11 is 0. The molecule has 1 aliphatic heterocycles. The summed E-state index contributed by atoms with van der Waals surface area (Å²) in [5, 5.41) is 9.01. The summed E-state index contributed by atoms with van der Waals surface area (Å²) in [6.07, 6.45) is -1.29. The smallest absolute Gasteiger partial charge is 0.395 e. The zero-order chi connectivity index (χ0) is 16.6. The average molecular weight is 326 g/mol. The first-order chi connectivity index (χ1) is 10.3. The van der Waals surface area contributed by atoms with Gasteiger partial charge in [-0.05, 0) is 26.2 Å². The zero-order valence-electron chi connectivity index (χ0n) is 12.9. The number of amides is 1. The molecule has 0 radical (unpaired) electrons. The minimum Gasteiger partial charge on any atom is -0.395 e. The first-order valence-electron chi connectivity index (χ1n) is 7.60. The van der Waals surface area contributed by atoms with Crippen molar-refractivity contribution in [3.8, 4) is 0 Å². The normalized spacial score (nSPS) is 19.7. The Morgan fingerprint density at radius 1 is 1.36 bits per heavy atom. The highest BCUT2D eigenvalue weighted by Gasteiger charge is 2.28. The number of carbonyl (C=O) groups is 1. The minimum absolute atomic E-state index is 0.0449. The second-order valence-corrected chi connectivity index (χ2v) is 5.60. The summed E-state index contributed by atoms with van der Waals surface area (Å²) in [5.74, 6) is -0.0449. The van der Waals surface area contributed by atoms with Gasteiger partial charge in [-0.2, -0.15) is 13.2 Å². The number of aliphatic hydroxyl groups is 1. The molecule has 1 heterocycles. The number of aliphatic hydroxyl groups excluding tert-OH is 1. The van der Waals surface area contributed by atoms with E-state index in [0.29, 0.717) is 0 Å². The Hall–Kier alpha value is -0.860. The fraction of sp³-hybridized carbons (Fsp3) is 0.929. The van der Waals surface area contributed by atoms with E-state index < -0.39 is 12.8 Å². The SMILES string of the molecule is CC1CCCCN1C(=O)CN(CCO)CCOCC(F)(F)F. The second-order valence-electron chi connectivity index (χ2n) is 5.60. The molecule has 1 saturated heterocycles. The molecule has 5 nitrogen and oxygen atoms in total. The number of hydrogen-bond acceptors (Lipinski definition) is 4. The van der Waals surface area contributed by atoms with Gasteiger partial charge in [-0.25, -0.2) is 0 Å². The maximum atomic E-state index is 12.3. The topological polar surface area (TPSA) is 53.0 Å². The third-order valence-corrected chi connectivity index (χ3v) is 3.72. The molecule has 0 spiro atoms. The van der Waals surface area contributed by atoms with Gasteiger partial charge in [0, 0.05) is 25.7 Å². The second kappa shape index (κ2) is 9.32. The maximum Gasteiger partial charge on any atom is 0.411 e. The van der Waals surface area contributed by atoms with Crippen molar-refractivity contribution < 1.29 is 27.8 Å². The van der Waals surface area contributed by atoms with Crippen molar-refractivity contribution in [3.05, 3.63) is 0 Å². The molecular formula is C14H25F3N2O3. The number of piperidine rings is 1. The molecule has 0 bridgehead atoms. The van der Waals surface area contributed by atoms with Gasteiger partial charge in [-0.3, -0.25) is 9.69 Å². The molecule has 22 heavy (non-hydrogen) atoms. The van der Waals surface area contributed by atoms with Gasteiger partial charge in [-0.1, -0.05) is 0 Å². The third-order valence-electron chi connectivity index (χ3n) is 3.72. The molecule has 0 aromatic carbocycles. The third kappa shape index (κ3) is 7.42. The quantitative estimate of drug-likeness (QED) is 0.683. The van der Waals surface area contributed by atoms with Crippen LogP contribution >= 0.6 is 0 Å². The van der Waals surface area contributed by atoms with Crippen molar-refractivity contribution in [1.29, 1.82) is 0 Å².